The minimum atomic E-state index is -4.57. The molecule has 11 heteroatoms. The zero-order chi connectivity index (χ0) is 22.0. The molecule has 1 amide bonds. The minimum Gasteiger partial charge on any atom is -0.325 e. The van der Waals surface area contributed by atoms with Gasteiger partial charge in [0.15, 0.2) is 5.65 Å². The minimum absolute atomic E-state index is 0.167. The lowest BCUT2D eigenvalue weighted by atomic mass is 10.1. The van der Waals surface area contributed by atoms with Gasteiger partial charge < -0.3 is 5.32 Å². The number of rotatable bonds is 5. The van der Waals surface area contributed by atoms with E-state index < -0.39 is 17.6 Å². The van der Waals surface area contributed by atoms with E-state index in [9.17, 15) is 18.0 Å². The van der Waals surface area contributed by atoms with Crippen molar-refractivity contribution < 1.29 is 18.0 Å². The SMILES string of the molecule is O=C(CSc1nnc2ccc(-c3ccc(Cl)cc3)nn12)Nc1ccccc1C(F)(F)F. The summed E-state index contributed by atoms with van der Waals surface area (Å²) in [5.41, 5.74) is 0.750. The Morgan fingerprint density at radius 3 is 2.52 bits per heavy atom. The highest BCUT2D eigenvalue weighted by molar-refractivity contribution is 7.99. The zero-order valence-electron chi connectivity index (χ0n) is 15.6. The molecule has 31 heavy (non-hydrogen) atoms. The monoisotopic (exact) mass is 463 g/mol. The lowest BCUT2D eigenvalue weighted by molar-refractivity contribution is -0.137. The first-order valence-corrected chi connectivity index (χ1v) is 10.2. The Labute approximate surface area is 183 Å². The third-order valence-electron chi connectivity index (χ3n) is 4.21. The van der Waals surface area contributed by atoms with E-state index in [0.29, 0.717) is 21.5 Å². The van der Waals surface area contributed by atoms with Gasteiger partial charge in [0.25, 0.3) is 0 Å². The number of nitrogens with one attached hydrogen (secondary N) is 1. The molecule has 0 atom stereocenters. The second kappa shape index (κ2) is 8.56. The summed E-state index contributed by atoms with van der Waals surface area (Å²) < 4.78 is 40.7. The fourth-order valence-corrected chi connectivity index (χ4v) is 3.60. The lowest BCUT2D eigenvalue weighted by Gasteiger charge is -2.13. The van der Waals surface area contributed by atoms with Gasteiger partial charge in [0.05, 0.1) is 22.7 Å². The molecule has 2 aromatic carbocycles. The van der Waals surface area contributed by atoms with Crippen LogP contribution in [0.4, 0.5) is 18.9 Å². The van der Waals surface area contributed by atoms with Gasteiger partial charge >= 0.3 is 6.18 Å². The average Bonchev–Trinajstić information content (AvgIpc) is 3.15. The first-order valence-electron chi connectivity index (χ1n) is 8.88. The van der Waals surface area contributed by atoms with Crippen LogP contribution >= 0.6 is 23.4 Å². The van der Waals surface area contributed by atoms with E-state index >= 15 is 0 Å². The van der Waals surface area contributed by atoms with E-state index in [1.165, 1.54) is 22.7 Å². The highest BCUT2D eigenvalue weighted by atomic mass is 35.5. The summed E-state index contributed by atoms with van der Waals surface area (Å²) in [4.78, 5) is 12.3. The molecule has 4 rings (SSSR count). The van der Waals surface area contributed by atoms with Crippen molar-refractivity contribution in [3.05, 3.63) is 71.2 Å². The standard InChI is InChI=1S/C20H13ClF3N5OS/c21-13-7-5-12(6-8-13)15-9-10-17-26-27-19(29(17)28-15)31-11-18(30)25-16-4-2-1-3-14(16)20(22,23)24/h1-10H,11H2,(H,25,30). The van der Waals surface area contributed by atoms with E-state index in [1.807, 2.05) is 12.1 Å². The van der Waals surface area contributed by atoms with Crippen molar-refractivity contribution in [1.29, 1.82) is 0 Å². The van der Waals surface area contributed by atoms with Crippen molar-refractivity contribution in [2.45, 2.75) is 11.3 Å². The van der Waals surface area contributed by atoms with Crippen LogP contribution in [0.5, 0.6) is 0 Å². The number of carbonyl (C=O) groups is 1. The average molecular weight is 464 g/mol. The quantitative estimate of drug-likeness (QED) is 0.412. The first kappa shape index (κ1) is 21.1. The lowest BCUT2D eigenvalue weighted by Crippen LogP contribution is -2.18. The van der Waals surface area contributed by atoms with E-state index in [2.05, 4.69) is 20.6 Å². The Hall–Kier alpha value is -3.11. The molecule has 158 valence electrons. The number of alkyl halides is 3. The maximum absolute atomic E-state index is 13.1. The number of amides is 1. The van der Waals surface area contributed by atoms with Crippen molar-refractivity contribution in [2.24, 2.45) is 0 Å². The molecule has 0 aliphatic rings. The number of benzene rings is 2. The molecule has 0 saturated carbocycles. The van der Waals surface area contributed by atoms with Crippen LogP contribution in [-0.2, 0) is 11.0 Å². The predicted molar refractivity (Wildman–Crippen MR) is 112 cm³/mol. The predicted octanol–water partition coefficient (Wildman–Crippen LogP) is 5.19. The maximum atomic E-state index is 13.1. The van der Waals surface area contributed by atoms with Crippen LogP contribution in [-0.4, -0.2) is 31.5 Å². The Morgan fingerprint density at radius 2 is 1.77 bits per heavy atom. The van der Waals surface area contributed by atoms with E-state index in [0.717, 1.165) is 23.4 Å². The van der Waals surface area contributed by atoms with Gasteiger partial charge in [0.2, 0.25) is 11.1 Å². The molecule has 0 aliphatic heterocycles. The fraction of sp³-hybridized carbons (Fsp3) is 0.100. The molecule has 0 radical (unpaired) electrons. The van der Waals surface area contributed by atoms with Gasteiger partial charge in [-0.3, -0.25) is 4.79 Å². The van der Waals surface area contributed by atoms with Gasteiger partial charge in [0.1, 0.15) is 0 Å². The van der Waals surface area contributed by atoms with Crippen molar-refractivity contribution in [3.8, 4) is 11.3 Å². The second-order valence-corrected chi connectivity index (χ2v) is 7.74. The number of nitrogens with zero attached hydrogens (tertiary/aromatic N) is 4. The Balaban J connectivity index is 1.50. The summed E-state index contributed by atoms with van der Waals surface area (Å²) in [6, 6.07) is 15.4. The van der Waals surface area contributed by atoms with Crippen LogP contribution in [0.3, 0.4) is 0 Å². The smallest absolute Gasteiger partial charge is 0.325 e. The van der Waals surface area contributed by atoms with E-state index in [1.54, 1.807) is 24.3 Å². The number of para-hydroxylation sites is 1. The molecule has 0 bridgehead atoms. The summed E-state index contributed by atoms with van der Waals surface area (Å²) in [6.07, 6.45) is -4.57. The summed E-state index contributed by atoms with van der Waals surface area (Å²) in [5, 5.41) is 15.7. The molecule has 0 spiro atoms. The molecule has 0 saturated heterocycles. The van der Waals surface area contributed by atoms with Gasteiger partial charge in [-0.15, -0.1) is 10.2 Å². The van der Waals surface area contributed by atoms with Crippen molar-refractivity contribution in [1.82, 2.24) is 19.8 Å². The second-order valence-electron chi connectivity index (χ2n) is 6.36. The summed E-state index contributed by atoms with van der Waals surface area (Å²) in [5.74, 6) is -0.771. The maximum Gasteiger partial charge on any atom is 0.418 e. The molecular weight excluding hydrogens is 451 g/mol. The fourth-order valence-electron chi connectivity index (χ4n) is 2.79. The number of hydrogen-bond acceptors (Lipinski definition) is 5. The summed E-state index contributed by atoms with van der Waals surface area (Å²) >= 11 is 6.93. The molecule has 6 nitrogen and oxygen atoms in total. The summed E-state index contributed by atoms with van der Waals surface area (Å²) in [7, 11) is 0. The molecular formula is C20H13ClF3N5OS. The van der Waals surface area contributed by atoms with Crippen LogP contribution in [0.2, 0.25) is 5.02 Å². The Kier molecular flexibility index (Phi) is 5.84. The van der Waals surface area contributed by atoms with Crippen molar-refractivity contribution in [2.75, 3.05) is 11.1 Å². The van der Waals surface area contributed by atoms with E-state index in [-0.39, 0.29) is 11.4 Å². The van der Waals surface area contributed by atoms with Crippen molar-refractivity contribution in [3.63, 3.8) is 0 Å². The largest absolute Gasteiger partial charge is 0.418 e. The van der Waals surface area contributed by atoms with Crippen LogP contribution < -0.4 is 5.32 Å². The normalized spacial score (nSPS) is 11.6. The molecule has 2 aromatic heterocycles. The van der Waals surface area contributed by atoms with Gasteiger partial charge in [-0.2, -0.15) is 22.8 Å². The Bertz CT molecular complexity index is 1240. The van der Waals surface area contributed by atoms with Crippen LogP contribution in [0.15, 0.2) is 65.8 Å². The number of hydrogen-bond donors (Lipinski definition) is 1. The first-order chi connectivity index (χ1) is 14.8. The highest BCUT2D eigenvalue weighted by Crippen LogP contribution is 2.34. The zero-order valence-corrected chi connectivity index (χ0v) is 17.2. The number of halogens is 4. The van der Waals surface area contributed by atoms with Crippen LogP contribution in [0.25, 0.3) is 16.9 Å². The highest BCUT2D eigenvalue weighted by Gasteiger charge is 2.33. The molecule has 1 N–H and O–H groups in total. The van der Waals surface area contributed by atoms with Gasteiger partial charge in [-0.25, -0.2) is 0 Å². The third-order valence-corrected chi connectivity index (χ3v) is 5.38. The third kappa shape index (κ3) is 4.80. The molecule has 4 aromatic rings. The van der Waals surface area contributed by atoms with Gasteiger partial charge in [0, 0.05) is 10.6 Å². The number of anilines is 1. The van der Waals surface area contributed by atoms with Crippen molar-refractivity contribution >= 4 is 40.6 Å². The summed E-state index contributed by atoms with van der Waals surface area (Å²) in [6.45, 7) is 0. The van der Waals surface area contributed by atoms with Gasteiger partial charge in [-0.1, -0.05) is 47.6 Å². The molecule has 0 unspecified atom stereocenters. The molecule has 0 aliphatic carbocycles. The Morgan fingerprint density at radius 1 is 1.03 bits per heavy atom. The topological polar surface area (TPSA) is 72.2 Å². The number of carbonyl (C=O) groups excluding carboxylic acids is 1. The van der Waals surface area contributed by atoms with E-state index in [4.69, 9.17) is 11.6 Å². The number of thioether (sulfide) groups is 1. The molecule has 0 fully saturated rings. The number of fused-ring (bicyclic) bond motifs is 1. The van der Waals surface area contributed by atoms with Crippen LogP contribution in [0.1, 0.15) is 5.56 Å². The van der Waals surface area contributed by atoms with Gasteiger partial charge in [-0.05, 0) is 36.4 Å². The van der Waals surface area contributed by atoms with Crippen LogP contribution in [0, 0.1) is 0 Å². The molecule has 2 heterocycles. The number of aromatic nitrogens is 4.